The molecule has 0 radical (unpaired) electrons. The maximum absolute atomic E-state index is 13.7. The van der Waals surface area contributed by atoms with Gasteiger partial charge in [-0.05, 0) is 95.4 Å². The van der Waals surface area contributed by atoms with Gasteiger partial charge in [-0.25, -0.2) is 81.5 Å². The van der Waals surface area contributed by atoms with Gasteiger partial charge in [-0.3, -0.25) is 70.3 Å². The van der Waals surface area contributed by atoms with E-state index in [2.05, 4.69) is 101 Å². The number of methoxy groups -OCH3 is 2. The van der Waals surface area contributed by atoms with E-state index in [0.29, 0.717) is 12.9 Å². The van der Waals surface area contributed by atoms with E-state index in [9.17, 15) is 114 Å². The molecule has 0 aliphatic carbocycles. The molecule has 0 amide bonds. The number of aliphatic carboxylic acids is 1. The number of hydrogen-bond donors (Lipinski definition) is 7. The zero-order valence-electron chi connectivity index (χ0n) is 67.1. The summed E-state index contributed by atoms with van der Waals surface area (Å²) in [5.41, 5.74) is 22.6. The summed E-state index contributed by atoms with van der Waals surface area (Å²) in [6, 6.07) is 0. The van der Waals surface area contributed by atoms with Crippen molar-refractivity contribution in [2.45, 2.75) is 164 Å². The third-order valence-corrected chi connectivity index (χ3v) is 14.9. The highest BCUT2D eigenvalue weighted by Gasteiger charge is 2.32. The number of nitrogens with two attached hydrogens (primary N) is 5. The number of ether oxygens (including phenoxy) is 5. The summed E-state index contributed by atoms with van der Waals surface area (Å²) < 4.78 is 224. The number of alkyl halides is 2. The van der Waals surface area contributed by atoms with Crippen molar-refractivity contribution < 1.29 is 150 Å². The molecule has 0 unspecified atom stereocenters. The number of aromatic nitrogens is 8. The average Bonchev–Trinajstić information content (AvgIpc) is 1.82. The van der Waals surface area contributed by atoms with Gasteiger partial charge in [-0.2, -0.15) is 8.78 Å². The fraction of sp³-hybridized carbons (Fsp3) is 0.485. The molecule has 37 nitrogen and oxygen atoms in total. The summed E-state index contributed by atoms with van der Waals surface area (Å²) in [6.45, 7) is 17.5. The van der Waals surface area contributed by atoms with E-state index >= 15 is 0 Å². The largest absolute Gasteiger partial charge is 0.480 e. The molecule has 0 aromatic carbocycles. The van der Waals surface area contributed by atoms with Crippen LogP contribution in [0.15, 0.2) is 155 Å². The van der Waals surface area contributed by atoms with Crippen molar-refractivity contribution in [2.75, 3.05) is 50.3 Å². The molecule has 121 heavy (non-hydrogen) atoms. The van der Waals surface area contributed by atoms with Gasteiger partial charge >= 0.3 is 58.8 Å². The Labute approximate surface area is 703 Å². The van der Waals surface area contributed by atoms with Gasteiger partial charge in [-0.1, -0.05) is 72.3 Å². The van der Waals surface area contributed by atoms with Crippen LogP contribution in [0.2, 0.25) is 0 Å². The summed E-state index contributed by atoms with van der Waals surface area (Å²) >= 11 is 4.32. The number of carboxylic acids is 1. The first-order valence-corrected chi connectivity index (χ1v) is 36.3. The highest BCUT2D eigenvalue weighted by atomic mass is 127. The third kappa shape index (κ3) is 47.5. The second kappa shape index (κ2) is 59.6. The Bertz CT molecular complexity index is 4590. The summed E-state index contributed by atoms with van der Waals surface area (Å²) in [5.74, 6) is -25.5. The molecule has 0 spiro atoms. The van der Waals surface area contributed by atoms with Crippen molar-refractivity contribution in [2.24, 2.45) is 38.7 Å². The van der Waals surface area contributed by atoms with Crippen molar-refractivity contribution in [1.29, 1.82) is 0 Å². The van der Waals surface area contributed by atoms with Crippen molar-refractivity contribution in [1.82, 2.24) is 38.9 Å². The van der Waals surface area contributed by atoms with E-state index in [1.165, 1.54) is 76.3 Å². The number of ketones is 1. The monoisotopic (exact) mass is 1950 g/mol. The molecule has 4 rings (SSSR count). The van der Waals surface area contributed by atoms with Crippen LogP contribution >= 0.6 is 38.5 Å². The van der Waals surface area contributed by atoms with Gasteiger partial charge in [0.05, 0.1) is 101 Å². The van der Waals surface area contributed by atoms with E-state index in [4.69, 9.17) is 38.9 Å². The predicted octanol–water partition coefficient (Wildman–Crippen LogP) is 9.49. The van der Waals surface area contributed by atoms with Crippen LogP contribution in [0, 0.1) is 27.7 Å². The van der Waals surface area contributed by atoms with E-state index in [1.807, 2.05) is 0 Å². The van der Waals surface area contributed by atoms with Crippen LogP contribution < -0.4 is 51.7 Å². The number of halogens is 16. The van der Waals surface area contributed by atoms with E-state index in [-0.39, 0.29) is 91.9 Å². The molecule has 0 bridgehead atoms. The molecule has 0 fully saturated rings. The molecular formula is C68H95BrF14IN15O22. The minimum Gasteiger partial charge on any atom is -0.480 e. The minimum atomic E-state index is -1.74. The number of carboxylic acid groups (broad SMARTS) is 1. The van der Waals surface area contributed by atoms with Crippen LogP contribution in [0.25, 0.3) is 0 Å². The Hall–Kier alpha value is -11.1. The first-order valence-electron chi connectivity index (χ1n) is 33.6. The van der Waals surface area contributed by atoms with Gasteiger partial charge in [0.15, 0.2) is 69.9 Å². The summed E-state index contributed by atoms with van der Waals surface area (Å²) in [6.07, 6.45) is -0.207. The Morgan fingerprint density at radius 1 is 0.512 bits per heavy atom. The van der Waals surface area contributed by atoms with Gasteiger partial charge in [0.25, 0.3) is 0 Å². The summed E-state index contributed by atoms with van der Waals surface area (Å²) in [5, 5.41) is 29.7. The molecule has 686 valence electrons. The molecule has 12 N–H and O–H groups in total. The lowest BCUT2D eigenvalue weighted by atomic mass is 9.97. The number of aryl methyl sites for hydroxylation is 4. The predicted molar refractivity (Wildman–Crippen MR) is 417 cm³/mol. The highest BCUT2D eigenvalue weighted by molar-refractivity contribution is 14.1. The fourth-order valence-electron chi connectivity index (χ4n) is 6.90. The first-order chi connectivity index (χ1) is 55.9. The molecule has 0 saturated heterocycles. The molecule has 0 aliphatic heterocycles. The molecule has 4 aromatic rings. The number of aliphatic hydroxyl groups excluding tert-OH is 1. The summed E-state index contributed by atoms with van der Waals surface area (Å²) in [4.78, 5) is 126. The standard InChI is InChI=1S/C12H17F2N3O4.C11H19F2N3O2.C10H17F2N3O2.C9H8F2N2O4.C7H7F2IN2O2.C7H8F2N2O3.C6H5BrF2O2.C6H10O3.2H2/c1-7-16-21-11(19)17(7)6-9(14)8(13)4-5-12(2,15)10(18)20-3;1-7(14)16-6-9(13)8(12)4-5-11(2,15)10(17)18-3;1-6(13)15-5-8(12)7(11)3-4-10(2,14)9(16)17;1-3-16-8(14)7(11)6(10)4-13-5(2)12-17-9(13)15;1-4-11-14-7(13)12(4)3-6(9)5(8)2-10;1-4-10-14-7(13)11(4)2-5(8)6(9)3-12;1-2-11-6(10)5(9)4(8)3-7;1-3-9-6(8)4-5(2)7;;/h4-6,15H2,1-3H3;4-6,15H2,1-3H3,(H2,14,16);3-5,14H2,1-2H3,(H2,13,15)(H,16,17);3H,1,4H2,2H3;2-3H2,1H3;12H,2-3H2,1H3;2H,1,3H2;3-4H2,1-2H3;2*1H/b2*9-8-;8-7-;7-6-;2*6-5-;5-4-;;;/t12-;11-;10-;;;;;;;/m111......./s1. The number of aliphatic imine (C=N–C) groups is 2. The second-order valence-corrected chi connectivity index (χ2v) is 25.3. The Morgan fingerprint density at radius 3 is 1.05 bits per heavy atom. The smallest absolute Gasteiger partial charge is 0.441 e. The Kier molecular flexibility index (Phi) is 57.2. The maximum atomic E-state index is 13.7. The van der Waals surface area contributed by atoms with Crippen molar-refractivity contribution in [3.63, 3.8) is 0 Å². The first kappa shape index (κ1) is 116. The number of amidine groups is 2. The van der Waals surface area contributed by atoms with Crippen molar-refractivity contribution >= 4 is 91.8 Å². The number of Topliss-reactive ketones (excluding diaryl/α,β-unsaturated/α-hetero) is 1. The second-order valence-electron chi connectivity index (χ2n) is 24.0. The van der Waals surface area contributed by atoms with E-state index in [0.717, 1.165) is 31.6 Å². The molecule has 0 aliphatic rings. The number of hydrogen-bond acceptors (Lipinski definition) is 30. The lowest BCUT2D eigenvalue weighted by Crippen LogP contribution is -2.45. The average molecular weight is 1950 g/mol. The molecule has 4 aromatic heterocycles. The zero-order valence-corrected chi connectivity index (χ0v) is 70.8. The lowest BCUT2D eigenvalue weighted by molar-refractivity contribution is -0.147. The number of nitrogens with zero attached hydrogens (tertiary/aromatic N) is 10. The number of carbonyl (C=O) groups excluding carboxylic acids is 6. The third-order valence-electron chi connectivity index (χ3n) is 13.7. The molecular weight excluding hydrogens is 1850 g/mol. The maximum Gasteiger partial charge on any atom is 0.441 e. The molecule has 53 heteroatoms. The van der Waals surface area contributed by atoms with Gasteiger partial charge < -0.3 is 62.6 Å². The lowest BCUT2D eigenvalue weighted by Gasteiger charge is -2.20. The number of rotatable bonds is 34. The van der Waals surface area contributed by atoms with Gasteiger partial charge in [0.2, 0.25) is 11.7 Å². The van der Waals surface area contributed by atoms with Crippen LogP contribution in [0.4, 0.5) is 61.5 Å². The van der Waals surface area contributed by atoms with Crippen LogP contribution in [0.3, 0.4) is 0 Å². The van der Waals surface area contributed by atoms with Gasteiger partial charge in [0.1, 0.15) is 52.1 Å². The minimum absolute atomic E-state index is 0. The molecule has 3 atom stereocenters. The van der Waals surface area contributed by atoms with Crippen molar-refractivity contribution in [3.8, 4) is 0 Å². The Morgan fingerprint density at radius 2 is 0.802 bits per heavy atom. The quantitative estimate of drug-likeness (QED) is 0.00218. The van der Waals surface area contributed by atoms with Crippen LogP contribution in [0.5, 0.6) is 0 Å². The number of carbonyl (C=O) groups is 7. The Balaban J connectivity index is -0.000000320. The van der Waals surface area contributed by atoms with Crippen molar-refractivity contribution in [3.05, 3.63) is 173 Å². The molecule has 0 saturated carbocycles. The normalized spacial score (nSPS) is 14.0. The van der Waals surface area contributed by atoms with Gasteiger partial charge in [-0.15, -0.1) is 0 Å². The highest BCUT2D eigenvalue weighted by Crippen LogP contribution is 2.24. The fourth-order valence-corrected chi connectivity index (χ4v) is 7.56. The van der Waals surface area contributed by atoms with Crippen LogP contribution in [-0.2, 0) is 83.4 Å². The van der Waals surface area contributed by atoms with Crippen LogP contribution in [0.1, 0.15) is 120 Å². The van der Waals surface area contributed by atoms with E-state index < -0.39 is 209 Å². The SMILES string of the molecule is C=COC(=O)/C(F)=C(/F)CBr.C=COC(=O)/C(F)=C(/F)Cn1c(C)noc1=O.CC(N)=NC/C(F)=C(/F)CC[C@@](C)(N)C(=O)O.CCOC(=O)CC(C)=O.COC(=O)[C@](C)(N)CC/C(F)=C(/F)CN=C(C)N.COC(=O)[C@](C)(N)CC/C(F)=C(/F)Cn1c(C)noc1=O.Cc1noc(=O)n1C/C(F)=C(/F)CI.Cc1noc(=O)n1C/C(F)=C(/F)CO.[HH].[HH]. The number of aliphatic hydroxyl groups is 1. The van der Waals surface area contributed by atoms with Crippen LogP contribution in [-0.4, -0.2) is 169 Å². The molecule has 4 heterocycles. The summed E-state index contributed by atoms with van der Waals surface area (Å²) in [7, 11) is 2.33. The zero-order chi connectivity index (χ0) is 94.7. The van der Waals surface area contributed by atoms with E-state index in [1.54, 1.807) is 29.5 Å². The van der Waals surface area contributed by atoms with Gasteiger partial charge in [0, 0.05) is 22.1 Å². The topological polar surface area (TPSA) is 553 Å². The number of esters is 5. The number of allylic oxidation sites excluding steroid dienone is 9.